The van der Waals surface area contributed by atoms with Crippen LogP contribution in [0.5, 0.6) is 5.75 Å². The quantitative estimate of drug-likeness (QED) is 0.813. The minimum absolute atomic E-state index is 0.0771. The van der Waals surface area contributed by atoms with Gasteiger partial charge in [0.2, 0.25) is 0 Å². The Labute approximate surface area is 139 Å². The van der Waals surface area contributed by atoms with E-state index >= 15 is 0 Å². The number of halogens is 1. The molecular formula is C18H28ClNO2. The fourth-order valence-corrected chi connectivity index (χ4v) is 2.91. The molecular weight excluding hydrogens is 298 g/mol. The van der Waals surface area contributed by atoms with E-state index in [1.54, 1.807) is 24.3 Å². The van der Waals surface area contributed by atoms with E-state index in [1.807, 2.05) is 20.8 Å². The van der Waals surface area contributed by atoms with Crippen LogP contribution in [-0.4, -0.2) is 17.6 Å². The molecule has 0 aliphatic rings. The zero-order valence-electron chi connectivity index (χ0n) is 14.5. The van der Waals surface area contributed by atoms with Crippen LogP contribution in [0.3, 0.4) is 0 Å². The highest BCUT2D eigenvalue weighted by atomic mass is 35.5. The molecule has 0 radical (unpaired) electrons. The molecule has 0 fully saturated rings. The van der Waals surface area contributed by atoms with Gasteiger partial charge in [-0.15, -0.1) is 0 Å². The van der Waals surface area contributed by atoms with Gasteiger partial charge in [-0.1, -0.05) is 39.3 Å². The van der Waals surface area contributed by atoms with E-state index in [0.29, 0.717) is 17.2 Å². The van der Waals surface area contributed by atoms with Gasteiger partial charge in [0.05, 0.1) is 0 Å². The lowest BCUT2D eigenvalue weighted by Crippen LogP contribution is -2.50. The van der Waals surface area contributed by atoms with Crippen LogP contribution < -0.4 is 10.1 Å². The first kappa shape index (κ1) is 18.8. The molecule has 4 heteroatoms. The van der Waals surface area contributed by atoms with Crippen molar-refractivity contribution >= 4 is 17.5 Å². The largest absolute Gasteiger partial charge is 0.481 e. The second-order valence-corrected chi connectivity index (χ2v) is 8.02. The summed E-state index contributed by atoms with van der Waals surface area (Å²) in [6.07, 6.45) is 1.00. The standard InChI is InChI=1S/C18H28ClNO2/c1-7-15(22-14-10-8-13(19)9-11-14)16(21)20-18(5,6)12-17(2,3)4/h8-11,15H,7,12H2,1-6H3,(H,20,21)/t15-/m0/s1. The molecule has 0 unspecified atom stereocenters. The van der Waals surface area contributed by atoms with Crippen molar-refractivity contribution in [3.8, 4) is 5.75 Å². The second-order valence-electron chi connectivity index (χ2n) is 7.58. The van der Waals surface area contributed by atoms with E-state index in [0.717, 1.165) is 6.42 Å². The molecule has 1 aromatic carbocycles. The van der Waals surface area contributed by atoms with Crippen LogP contribution >= 0.6 is 11.6 Å². The van der Waals surface area contributed by atoms with Crippen LogP contribution in [0.4, 0.5) is 0 Å². The molecule has 0 saturated carbocycles. The van der Waals surface area contributed by atoms with Crippen LogP contribution in [-0.2, 0) is 4.79 Å². The van der Waals surface area contributed by atoms with Crippen molar-refractivity contribution in [2.75, 3.05) is 0 Å². The number of hydrogen-bond donors (Lipinski definition) is 1. The number of carbonyl (C=O) groups is 1. The molecule has 1 N–H and O–H groups in total. The summed E-state index contributed by atoms with van der Waals surface area (Å²) < 4.78 is 5.79. The van der Waals surface area contributed by atoms with E-state index in [1.165, 1.54) is 0 Å². The number of nitrogens with one attached hydrogen (secondary N) is 1. The van der Waals surface area contributed by atoms with Crippen molar-refractivity contribution in [1.82, 2.24) is 5.32 Å². The van der Waals surface area contributed by atoms with E-state index in [9.17, 15) is 4.79 Å². The Kier molecular flexibility index (Phi) is 6.30. The molecule has 1 rings (SSSR count). The predicted octanol–water partition coefficient (Wildman–Crippen LogP) is 4.83. The Balaban J connectivity index is 2.70. The predicted molar refractivity (Wildman–Crippen MR) is 92.5 cm³/mol. The minimum Gasteiger partial charge on any atom is -0.481 e. The van der Waals surface area contributed by atoms with Crippen LogP contribution in [0, 0.1) is 5.41 Å². The number of rotatable bonds is 6. The molecule has 0 saturated heterocycles. The molecule has 1 amide bonds. The molecule has 0 aliphatic heterocycles. The number of carbonyl (C=O) groups excluding carboxylic acids is 1. The molecule has 22 heavy (non-hydrogen) atoms. The number of hydrogen-bond acceptors (Lipinski definition) is 2. The van der Waals surface area contributed by atoms with Crippen molar-refractivity contribution in [1.29, 1.82) is 0 Å². The van der Waals surface area contributed by atoms with E-state index in [2.05, 4.69) is 26.1 Å². The summed E-state index contributed by atoms with van der Waals surface area (Å²) in [5.74, 6) is 0.576. The lowest BCUT2D eigenvalue weighted by atomic mass is 9.81. The molecule has 0 heterocycles. The second kappa shape index (κ2) is 7.36. The topological polar surface area (TPSA) is 38.3 Å². The van der Waals surface area contributed by atoms with Gasteiger partial charge in [-0.25, -0.2) is 0 Å². The smallest absolute Gasteiger partial charge is 0.261 e. The van der Waals surface area contributed by atoms with Gasteiger partial charge in [-0.05, 0) is 56.4 Å². The Morgan fingerprint density at radius 2 is 1.73 bits per heavy atom. The van der Waals surface area contributed by atoms with Crippen molar-refractivity contribution in [3.63, 3.8) is 0 Å². The third-order valence-electron chi connectivity index (χ3n) is 3.19. The number of benzene rings is 1. The van der Waals surface area contributed by atoms with Crippen LogP contribution in [0.15, 0.2) is 24.3 Å². The monoisotopic (exact) mass is 325 g/mol. The van der Waals surface area contributed by atoms with E-state index in [-0.39, 0.29) is 16.9 Å². The Bertz CT molecular complexity index is 489. The van der Waals surface area contributed by atoms with Gasteiger partial charge >= 0.3 is 0 Å². The first-order chi connectivity index (χ1) is 10.0. The van der Waals surface area contributed by atoms with Gasteiger partial charge in [-0.2, -0.15) is 0 Å². The zero-order chi connectivity index (χ0) is 17.0. The van der Waals surface area contributed by atoms with Crippen LogP contribution in [0.2, 0.25) is 5.02 Å². The van der Waals surface area contributed by atoms with Crippen LogP contribution in [0.25, 0.3) is 0 Å². The van der Waals surface area contributed by atoms with Gasteiger partial charge in [0.1, 0.15) is 5.75 Å². The highest BCUT2D eigenvalue weighted by molar-refractivity contribution is 6.30. The number of amides is 1. The first-order valence-electron chi connectivity index (χ1n) is 7.77. The Morgan fingerprint density at radius 3 is 2.18 bits per heavy atom. The molecule has 1 aromatic rings. The summed E-state index contributed by atoms with van der Waals surface area (Å²) in [7, 11) is 0. The fourth-order valence-electron chi connectivity index (χ4n) is 2.78. The maximum atomic E-state index is 12.5. The van der Waals surface area contributed by atoms with E-state index in [4.69, 9.17) is 16.3 Å². The molecule has 3 nitrogen and oxygen atoms in total. The summed E-state index contributed by atoms with van der Waals surface area (Å²) in [6, 6.07) is 7.06. The van der Waals surface area contributed by atoms with Gasteiger partial charge in [0.25, 0.3) is 5.91 Å². The summed E-state index contributed by atoms with van der Waals surface area (Å²) in [5.41, 5.74) is -0.123. The maximum absolute atomic E-state index is 12.5. The maximum Gasteiger partial charge on any atom is 0.261 e. The Hall–Kier alpha value is -1.22. The van der Waals surface area contributed by atoms with Gasteiger partial charge in [0, 0.05) is 10.6 Å². The Morgan fingerprint density at radius 1 is 1.18 bits per heavy atom. The SMILES string of the molecule is CC[C@H](Oc1ccc(Cl)cc1)C(=O)NC(C)(C)CC(C)(C)C. The highest BCUT2D eigenvalue weighted by Gasteiger charge is 2.30. The average Bonchev–Trinajstić information content (AvgIpc) is 2.34. The van der Waals surface area contributed by atoms with Crippen molar-refractivity contribution in [2.45, 2.75) is 66.0 Å². The lowest BCUT2D eigenvalue weighted by Gasteiger charge is -2.34. The van der Waals surface area contributed by atoms with Gasteiger partial charge in [-0.3, -0.25) is 4.79 Å². The molecule has 0 bridgehead atoms. The van der Waals surface area contributed by atoms with E-state index < -0.39 is 6.10 Å². The number of ether oxygens (including phenoxy) is 1. The summed E-state index contributed by atoms with van der Waals surface area (Å²) in [4.78, 5) is 12.5. The van der Waals surface area contributed by atoms with Crippen molar-refractivity contribution < 1.29 is 9.53 Å². The van der Waals surface area contributed by atoms with Crippen molar-refractivity contribution in [3.05, 3.63) is 29.3 Å². The van der Waals surface area contributed by atoms with Gasteiger partial charge in [0.15, 0.2) is 6.10 Å². The normalized spacial score (nSPS) is 13.6. The molecule has 0 aliphatic carbocycles. The lowest BCUT2D eigenvalue weighted by molar-refractivity contribution is -0.130. The molecule has 1 atom stereocenters. The fraction of sp³-hybridized carbons (Fsp3) is 0.611. The summed E-state index contributed by atoms with van der Waals surface area (Å²) in [5, 5.41) is 3.75. The highest BCUT2D eigenvalue weighted by Crippen LogP contribution is 2.27. The van der Waals surface area contributed by atoms with Crippen LogP contribution in [0.1, 0.15) is 54.4 Å². The summed E-state index contributed by atoms with van der Waals surface area (Å²) in [6.45, 7) is 12.5. The first-order valence-corrected chi connectivity index (χ1v) is 8.14. The summed E-state index contributed by atoms with van der Waals surface area (Å²) >= 11 is 5.86. The molecule has 0 aromatic heterocycles. The zero-order valence-corrected chi connectivity index (χ0v) is 15.3. The third kappa shape index (κ3) is 6.69. The van der Waals surface area contributed by atoms with Crippen molar-refractivity contribution in [2.24, 2.45) is 5.41 Å². The minimum atomic E-state index is -0.500. The third-order valence-corrected chi connectivity index (χ3v) is 3.44. The van der Waals surface area contributed by atoms with Gasteiger partial charge < -0.3 is 10.1 Å². The molecule has 124 valence electrons. The average molecular weight is 326 g/mol. The molecule has 0 spiro atoms.